The molecule has 0 aliphatic carbocycles. The molecular formula is C54H35NS2. The summed E-state index contributed by atoms with van der Waals surface area (Å²) >= 11 is 3.75. The van der Waals surface area contributed by atoms with Crippen LogP contribution in [0.2, 0.25) is 0 Å². The first-order valence-corrected chi connectivity index (χ1v) is 21.0. The molecule has 0 spiro atoms. The number of nitrogens with zero attached hydrogens (tertiary/aromatic N) is 1. The fraction of sp³-hybridized carbons (Fsp3) is 0. The number of anilines is 3. The molecular weight excluding hydrogens is 727 g/mol. The van der Waals surface area contributed by atoms with Crippen LogP contribution in [0, 0.1) is 0 Å². The third-order valence-electron chi connectivity index (χ3n) is 11.1. The van der Waals surface area contributed by atoms with Crippen molar-refractivity contribution in [3.63, 3.8) is 0 Å². The number of fused-ring (bicyclic) bond motifs is 6. The van der Waals surface area contributed by atoms with Gasteiger partial charge in [0.05, 0.1) is 5.69 Å². The van der Waals surface area contributed by atoms with Crippen molar-refractivity contribution < 1.29 is 0 Å². The molecule has 0 N–H and O–H groups in total. The van der Waals surface area contributed by atoms with Crippen molar-refractivity contribution in [2.75, 3.05) is 4.90 Å². The highest BCUT2D eigenvalue weighted by atomic mass is 32.1. The van der Waals surface area contributed by atoms with Gasteiger partial charge in [0.1, 0.15) is 0 Å². The minimum atomic E-state index is 1.11. The van der Waals surface area contributed by atoms with Crippen LogP contribution in [-0.2, 0) is 0 Å². The highest BCUT2D eigenvalue weighted by Crippen LogP contribution is 2.49. The van der Waals surface area contributed by atoms with Crippen LogP contribution in [-0.4, -0.2) is 0 Å². The fourth-order valence-electron chi connectivity index (χ4n) is 8.37. The van der Waals surface area contributed by atoms with Gasteiger partial charge < -0.3 is 4.90 Å². The van der Waals surface area contributed by atoms with E-state index < -0.39 is 0 Å². The SMILES string of the molecule is c1ccc(-c2ccc(-c3c(N(c4ccc(-c5ccccc5)cc4)c4ccc(-c5cccc6c5sc5ccccc56)cc4)ccc4sc5ccccc5c34)cc2)cc1. The summed E-state index contributed by atoms with van der Waals surface area (Å²) in [5.74, 6) is 0. The maximum absolute atomic E-state index is 2.45. The lowest BCUT2D eigenvalue weighted by Crippen LogP contribution is -2.11. The second-order valence-corrected chi connectivity index (χ2v) is 16.6. The molecule has 0 radical (unpaired) electrons. The van der Waals surface area contributed by atoms with Crippen molar-refractivity contribution in [3.8, 4) is 44.5 Å². The molecule has 11 aromatic rings. The first-order valence-electron chi connectivity index (χ1n) is 19.3. The molecule has 0 atom stereocenters. The first kappa shape index (κ1) is 33.5. The Morgan fingerprint density at radius 3 is 1.44 bits per heavy atom. The molecule has 0 fully saturated rings. The third-order valence-corrected chi connectivity index (χ3v) is 13.5. The lowest BCUT2D eigenvalue weighted by atomic mass is 9.94. The fourth-order valence-corrected chi connectivity index (χ4v) is 10.7. The average molecular weight is 762 g/mol. The van der Waals surface area contributed by atoms with Crippen molar-refractivity contribution >= 4 is 80.1 Å². The first-order chi connectivity index (χ1) is 28.3. The zero-order valence-corrected chi connectivity index (χ0v) is 32.6. The second kappa shape index (κ2) is 14.1. The van der Waals surface area contributed by atoms with Crippen LogP contribution in [0.3, 0.4) is 0 Å². The van der Waals surface area contributed by atoms with Gasteiger partial charge in [0.25, 0.3) is 0 Å². The Balaban J connectivity index is 1.11. The maximum Gasteiger partial charge on any atom is 0.0547 e. The summed E-state index contributed by atoms with van der Waals surface area (Å²) in [6, 6.07) is 77.6. The molecule has 268 valence electrons. The normalized spacial score (nSPS) is 11.5. The van der Waals surface area contributed by atoms with Gasteiger partial charge in [0.15, 0.2) is 0 Å². The molecule has 3 heteroatoms. The summed E-state index contributed by atoms with van der Waals surface area (Å²) in [5, 5.41) is 5.21. The highest BCUT2D eigenvalue weighted by molar-refractivity contribution is 7.26. The van der Waals surface area contributed by atoms with Crippen LogP contribution in [0.1, 0.15) is 0 Å². The summed E-state index contributed by atoms with van der Waals surface area (Å²) in [6.45, 7) is 0. The largest absolute Gasteiger partial charge is 0.310 e. The van der Waals surface area contributed by atoms with E-state index in [-0.39, 0.29) is 0 Å². The highest BCUT2D eigenvalue weighted by Gasteiger charge is 2.22. The van der Waals surface area contributed by atoms with Crippen LogP contribution in [0.25, 0.3) is 84.9 Å². The Morgan fingerprint density at radius 2 is 0.789 bits per heavy atom. The summed E-state index contributed by atoms with van der Waals surface area (Å²) in [5.41, 5.74) is 13.1. The minimum absolute atomic E-state index is 1.11. The van der Waals surface area contributed by atoms with Crippen molar-refractivity contribution in [3.05, 3.63) is 212 Å². The van der Waals surface area contributed by atoms with E-state index in [1.54, 1.807) is 0 Å². The lowest BCUT2D eigenvalue weighted by Gasteiger charge is -2.29. The monoisotopic (exact) mass is 761 g/mol. The topological polar surface area (TPSA) is 3.24 Å². The van der Waals surface area contributed by atoms with E-state index in [1.807, 2.05) is 22.7 Å². The summed E-state index contributed by atoms with van der Waals surface area (Å²) in [6.07, 6.45) is 0. The van der Waals surface area contributed by atoms with Gasteiger partial charge in [-0.15, -0.1) is 22.7 Å². The number of benzene rings is 9. The van der Waals surface area contributed by atoms with E-state index in [9.17, 15) is 0 Å². The van der Waals surface area contributed by atoms with Crippen LogP contribution >= 0.6 is 22.7 Å². The van der Waals surface area contributed by atoms with Crippen molar-refractivity contribution in [1.82, 2.24) is 0 Å². The van der Waals surface area contributed by atoms with Crippen molar-refractivity contribution in [1.29, 1.82) is 0 Å². The molecule has 0 aliphatic rings. The maximum atomic E-state index is 2.45. The second-order valence-electron chi connectivity index (χ2n) is 14.5. The summed E-state index contributed by atoms with van der Waals surface area (Å²) < 4.78 is 5.23. The van der Waals surface area contributed by atoms with Crippen LogP contribution in [0.15, 0.2) is 212 Å². The Morgan fingerprint density at radius 1 is 0.298 bits per heavy atom. The smallest absolute Gasteiger partial charge is 0.0547 e. The Hall–Kier alpha value is -6.78. The van der Waals surface area contributed by atoms with Gasteiger partial charge in [-0.1, -0.05) is 164 Å². The molecule has 1 nitrogen and oxygen atoms in total. The molecule has 11 rings (SSSR count). The van der Waals surface area contributed by atoms with Crippen LogP contribution < -0.4 is 4.90 Å². The lowest BCUT2D eigenvalue weighted by molar-refractivity contribution is 1.29. The van der Waals surface area contributed by atoms with E-state index in [0.29, 0.717) is 0 Å². The quantitative estimate of drug-likeness (QED) is 0.156. The molecule has 0 saturated heterocycles. The average Bonchev–Trinajstić information content (AvgIpc) is 3.86. The van der Waals surface area contributed by atoms with E-state index in [2.05, 4.69) is 217 Å². The Kier molecular flexibility index (Phi) is 8.28. The number of rotatable bonds is 7. The number of hydrogen-bond acceptors (Lipinski definition) is 3. The summed E-state index contributed by atoms with van der Waals surface area (Å²) in [7, 11) is 0. The van der Waals surface area contributed by atoms with Gasteiger partial charge in [-0.05, 0) is 87.5 Å². The minimum Gasteiger partial charge on any atom is -0.310 e. The molecule has 0 saturated carbocycles. The van der Waals surface area contributed by atoms with Crippen molar-refractivity contribution in [2.45, 2.75) is 0 Å². The van der Waals surface area contributed by atoms with E-state index in [0.717, 1.165) is 17.1 Å². The van der Waals surface area contributed by atoms with Gasteiger partial charge in [0, 0.05) is 57.3 Å². The number of thiophene rings is 2. The van der Waals surface area contributed by atoms with Crippen molar-refractivity contribution in [2.24, 2.45) is 0 Å². The molecule has 57 heavy (non-hydrogen) atoms. The Labute approximate surface area is 340 Å². The zero-order chi connectivity index (χ0) is 37.7. The molecule has 0 bridgehead atoms. The van der Waals surface area contributed by atoms with E-state index in [4.69, 9.17) is 0 Å². The predicted octanol–water partition coefficient (Wildman–Crippen LogP) is 16.6. The van der Waals surface area contributed by atoms with Crippen LogP contribution in [0.4, 0.5) is 17.1 Å². The predicted molar refractivity (Wildman–Crippen MR) is 249 cm³/mol. The van der Waals surface area contributed by atoms with Gasteiger partial charge in [0.2, 0.25) is 0 Å². The standard InChI is InChI=1S/C54H35NS2/c1-3-12-36(13-4-1)38-22-24-41(25-23-38)52-48(34-35-51-53(52)47-17-8-10-21-50(47)56-51)55(42-30-26-39(27-31-42)37-14-5-2-6-15-37)43-32-28-40(29-33-43)44-18-11-19-46-45-16-7-9-20-49(45)57-54(44)46/h1-35H. The summed E-state index contributed by atoms with van der Waals surface area (Å²) in [4.78, 5) is 2.45. The van der Waals surface area contributed by atoms with Gasteiger partial charge >= 0.3 is 0 Å². The molecule has 2 heterocycles. The van der Waals surface area contributed by atoms with Gasteiger partial charge in [-0.25, -0.2) is 0 Å². The zero-order valence-electron chi connectivity index (χ0n) is 31.0. The molecule has 0 aliphatic heterocycles. The number of hydrogen-bond donors (Lipinski definition) is 0. The molecule has 9 aromatic carbocycles. The van der Waals surface area contributed by atoms with Gasteiger partial charge in [-0.2, -0.15) is 0 Å². The third kappa shape index (κ3) is 5.91. The Bertz CT molecular complexity index is 3200. The van der Waals surface area contributed by atoms with E-state index in [1.165, 1.54) is 84.9 Å². The molecule has 0 unspecified atom stereocenters. The van der Waals surface area contributed by atoms with Gasteiger partial charge in [-0.3, -0.25) is 0 Å². The molecule has 0 amide bonds. The van der Waals surface area contributed by atoms with E-state index >= 15 is 0 Å². The van der Waals surface area contributed by atoms with Crippen LogP contribution in [0.5, 0.6) is 0 Å². The molecule has 2 aromatic heterocycles.